The largest absolute Gasteiger partial charge is 0.490 e. The first kappa shape index (κ1) is 13.4. The monoisotopic (exact) mass is 264 g/mol. The summed E-state index contributed by atoms with van der Waals surface area (Å²) in [6, 6.07) is 5.10. The minimum absolute atomic E-state index is 0.0360. The number of likely N-dealkylation sites (N-methyl/N-ethyl adjacent to an activating group) is 1. The number of carboxylic acids is 1. The summed E-state index contributed by atoms with van der Waals surface area (Å²) in [6.45, 7) is 1.10. The van der Waals surface area contributed by atoms with E-state index in [1.54, 1.807) is 30.1 Å². The first-order chi connectivity index (χ1) is 9.11. The molecule has 1 aromatic rings. The summed E-state index contributed by atoms with van der Waals surface area (Å²) < 4.78 is 5.47. The van der Waals surface area contributed by atoms with Gasteiger partial charge in [-0.1, -0.05) is 0 Å². The van der Waals surface area contributed by atoms with Gasteiger partial charge in [0.2, 0.25) is 0 Å². The Balaban J connectivity index is 2.29. The number of anilines is 1. The topological polar surface area (TPSA) is 78.9 Å². The minimum Gasteiger partial charge on any atom is -0.490 e. The highest BCUT2D eigenvalue weighted by Gasteiger charge is 2.21. The summed E-state index contributed by atoms with van der Waals surface area (Å²) in [6.07, 6.45) is 0. The van der Waals surface area contributed by atoms with Gasteiger partial charge < -0.3 is 20.1 Å². The van der Waals surface area contributed by atoms with Gasteiger partial charge in [0.25, 0.3) is 0 Å². The van der Waals surface area contributed by atoms with Crippen LogP contribution in [0.3, 0.4) is 0 Å². The van der Waals surface area contributed by atoms with Crippen LogP contribution < -0.4 is 15.0 Å². The van der Waals surface area contributed by atoms with Crippen molar-refractivity contribution in [1.29, 1.82) is 0 Å². The number of ether oxygens (including phenoxy) is 1. The molecule has 0 radical (unpaired) electrons. The van der Waals surface area contributed by atoms with Gasteiger partial charge in [-0.15, -0.1) is 0 Å². The predicted octanol–water partition coefficient (Wildman–Crippen LogP) is 0.372. The van der Waals surface area contributed by atoms with E-state index in [0.29, 0.717) is 30.2 Å². The van der Waals surface area contributed by atoms with E-state index in [4.69, 9.17) is 9.84 Å². The molecule has 2 rings (SSSR count). The van der Waals surface area contributed by atoms with Crippen molar-refractivity contribution in [3.05, 3.63) is 23.8 Å². The second-order valence-electron chi connectivity index (χ2n) is 4.30. The first-order valence-electron chi connectivity index (χ1n) is 6.03. The predicted molar refractivity (Wildman–Crippen MR) is 70.0 cm³/mol. The fraction of sp³-hybridized carbons (Fsp3) is 0.385. The average molecular weight is 264 g/mol. The number of aliphatic carboxylic acids is 1. The zero-order valence-electron chi connectivity index (χ0n) is 10.7. The number of benzene rings is 1. The number of rotatable bonds is 5. The van der Waals surface area contributed by atoms with Crippen molar-refractivity contribution in [1.82, 2.24) is 5.32 Å². The van der Waals surface area contributed by atoms with E-state index in [1.165, 1.54) is 0 Å². The van der Waals surface area contributed by atoms with Gasteiger partial charge in [-0.2, -0.15) is 0 Å². The Hall–Kier alpha value is -2.08. The van der Waals surface area contributed by atoms with Crippen LogP contribution in [0.15, 0.2) is 18.2 Å². The molecule has 0 spiro atoms. The Bertz CT molecular complexity index is 501. The fourth-order valence-electron chi connectivity index (χ4n) is 2.04. The number of carboxylic acid groups (broad SMARTS) is 1. The Kier molecular flexibility index (Phi) is 4.01. The van der Waals surface area contributed by atoms with E-state index in [9.17, 15) is 9.59 Å². The lowest BCUT2D eigenvalue weighted by Crippen LogP contribution is -2.36. The highest BCUT2D eigenvalue weighted by Crippen LogP contribution is 2.32. The maximum Gasteiger partial charge on any atom is 0.323 e. The van der Waals surface area contributed by atoms with E-state index in [-0.39, 0.29) is 18.9 Å². The molecule has 0 saturated carbocycles. The maximum absolute atomic E-state index is 11.8. The summed E-state index contributed by atoms with van der Waals surface area (Å²) in [5, 5.41) is 11.7. The molecule has 0 atom stereocenters. The lowest BCUT2D eigenvalue weighted by Gasteiger charge is -2.30. The van der Waals surface area contributed by atoms with Gasteiger partial charge in [-0.05, 0) is 25.2 Å². The van der Waals surface area contributed by atoms with Gasteiger partial charge in [0.05, 0.1) is 18.8 Å². The van der Waals surface area contributed by atoms with Gasteiger partial charge in [-0.3, -0.25) is 9.59 Å². The molecule has 0 unspecified atom stereocenters. The molecular weight excluding hydrogens is 248 g/mol. The SMILES string of the molecule is CNCC(=O)c1ccc2c(c1)N(CC(=O)O)CCO2. The van der Waals surface area contributed by atoms with Crippen molar-refractivity contribution in [3.63, 3.8) is 0 Å². The third-order valence-electron chi connectivity index (χ3n) is 2.90. The second-order valence-corrected chi connectivity index (χ2v) is 4.30. The van der Waals surface area contributed by atoms with Crippen LogP contribution in [0, 0.1) is 0 Å². The van der Waals surface area contributed by atoms with Crippen LogP contribution >= 0.6 is 0 Å². The molecule has 102 valence electrons. The van der Waals surface area contributed by atoms with Crippen LogP contribution in [0.25, 0.3) is 0 Å². The lowest BCUT2D eigenvalue weighted by molar-refractivity contribution is -0.135. The molecule has 6 heteroatoms. The van der Waals surface area contributed by atoms with Crippen LogP contribution in [-0.2, 0) is 4.79 Å². The molecule has 1 heterocycles. The zero-order valence-corrected chi connectivity index (χ0v) is 10.7. The Morgan fingerprint density at radius 2 is 2.26 bits per heavy atom. The smallest absolute Gasteiger partial charge is 0.323 e. The molecule has 1 aromatic carbocycles. The number of nitrogens with zero attached hydrogens (tertiary/aromatic N) is 1. The van der Waals surface area contributed by atoms with Crippen LogP contribution in [0.4, 0.5) is 5.69 Å². The van der Waals surface area contributed by atoms with Crippen molar-refractivity contribution in [2.24, 2.45) is 0 Å². The molecule has 19 heavy (non-hydrogen) atoms. The second kappa shape index (κ2) is 5.71. The summed E-state index contributed by atoms with van der Waals surface area (Å²) >= 11 is 0. The molecule has 0 fully saturated rings. The summed E-state index contributed by atoms with van der Waals surface area (Å²) in [7, 11) is 1.70. The average Bonchev–Trinajstić information content (AvgIpc) is 2.38. The molecule has 1 aliphatic rings. The van der Waals surface area contributed by atoms with Gasteiger partial charge in [-0.25, -0.2) is 0 Å². The minimum atomic E-state index is -0.903. The lowest BCUT2D eigenvalue weighted by atomic mass is 10.1. The van der Waals surface area contributed by atoms with Crippen LogP contribution in [0.5, 0.6) is 5.75 Å². The molecule has 0 saturated heterocycles. The number of hydrogen-bond donors (Lipinski definition) is 2. The van der Waals surface area contributed by atoms with Gasteiger partial charge in [0.15, 0.2) is 5.78 Å². The Morgan fingerprint density at radius 3 is 2.95 bits per heavy atom. The number of carbonyl (C=O) groups is 2. The maximum atomic E-state index is 11.8. The normalized spacial score (nSPS) is 13.6. The molecule has 1 aliphatic heterocycles. The quantitative estimate of drug-likeness (QED) is 0.748. The Morgan fingerprint density at radius 1 is 1.47 bits per heavy atom. The van der Waals surface area contributed by atoms with Gasteiger partial charge in [0, 0.05) is 5.56 Å². The van der Waals surface area contributed by atoms with Crippen molar-refractivity contribution < 1.29 is 19.4 Å². The van der Waals surface area contributed by atoms with Crippen molar-refractivity contribution in [2.75, 3.05) is 38.2 Å². The number of ketones is 1. The van der Waals surface area contributed by atoms with E-state index in [1.807, 2.05) is 0 Å². The first-order valence-corrected chi connectivity index (χ1v) is 6.03. The van der Waals surface area contributed by atoms with E-state index < -0.39 is 5.97 Å². The number of fused-ring (bicyclic) bond motifs is 1. The van der Waals surface area contributed by atoms with Crippen molar-refractivity contribution in [3.8, 4) is 5.75 Å². The summed E-state index contributed by atoms with van der Waals surface area (Å²) in [4.78, 5) is 24.4. The summed E-state index contributed by atoms with van der Waals surface area (Å²) in [5.74, 6) is -0.320. The Labute approximate surface area is 111 Å². The standard InChI is InChI=1S/C13H16N2O4/c1-14-7-11(16)9-2-3-12-10(6-9)15(4-5-19-12)8-13(17)18/h2-3,6,14H,4-5,7-8H2,1H3,(H,17,18). The van der Waals surface area contributed by atoms with E-state index >= 15 is 0 Å². The van der Waals surface area contributed by atoms with Crippen molar-refractivity contribution >= 4 is 17.4 Å². The van der Waals surface area contributed by atoms with Crippen LogP contribution in [0.1, 0.15) is 10.4 Å². The number of nitrogens with one attached hydrogen (secondary N) is 1. The van der Waals surface area contributed by atoms with E-state index in [2.05, 4.69) is 5.32 Å². The van der Waals surface area contributed by atoms with E-state index in [0.717, 1.165) is 0 Å². The molecule has 0 bridgehead atoms. The van der Waals surface area contributed by atoms with Gasteiger partial charge in [0.1, 0.15) is 18.9 Å². The molecule has 2 N–H and O–H groups in total. The van der Waals surface area contributed by atoms with Crippen LogP contribution in [-0.4, -0.2) is 50.1 Å². The number of Topliss-reactive ketones (excluding diaryl/α,β-unsaturated/α-hetero) is 1. The zero-order chi connectivity index (χ0) is 13.8. The van der Waals surface area contributed by atoms with Gasteiger partial charge >= 0.3 is 5.97 Å². The third-order valence-corrected chi connectivity index (χ3v) is 2.90. The highest BCUT2D eigenvalue weighted by atomic mass is 16.5. The molecule has 0 aliphatic carbocycles. The van der Waals surface area contributed by atoms with Crippen molar-refractivity contribution in [2.45, 2.75) is 0 Å². The highest BCUT2D eigenvalue weighted by molar-refractivity contribution is 5.99. The fourth-order valence-corrected chi connectivity index (χ4v) is 2.04. The third kappa shape index (κ3) is 3.03. The summed E-state index contributed by atoms with van der Waals surface area (Å²) in [5.41, 5.74) is 1.21. The molecular formula is C13H16N2O4. The molecule has 6 nitrogen and oxygen atoms in total. The molecule has 0 amide bonds. The number of hydrogen-bond acceptors (Lipinski definition) is 5. The molecule has 0 aromatic heterocycles. The van der Waals surface area contributed by atoms with Crippen LogP contribution in [0.2, 0.25) is 0 Å². The number of carbonyl (C=O) groups excluding carboxylic acids is 1.